The third kappa shape index (κ3) is 4.62. The molecule has 29 heavy (non-hydrogen) atoms. The molecule has 1 heterocycles. The molecule has 3 aromatic carbocycles. The van der Waals surface area contributed by atoms with Crippen molar-refractivity contribution in [3.05, 3.63) is 90.0 Å². The minimum absolute atomic E-state index is 0.201. The molecule has 4 rings (SSSR count). The molecule has 0 aromatic heterocycles. The number of carbonyl (C=O) groups is 2. The van der Waals surface area contributed by atoms with Gasteiger partial charge in [0.25, 0.3) is 5.91 Å². The van der Waals surface area contributed by atoms with Gasteiger partial charge >= 0.3 is 5.97 Å². The number of esters is 1. The highest BCUT2D eigenvalue weighted by atomic mass is 16.7. The molecule has 3 aromatic rings. The van der Waals surface area contributed by atoms with Gasteiger partial charge in [0.2, 0.25) is 6.79 Å². The number of ether oxygens (including phenoxy) is 3. The van der Waals surface area contributed by atoms with Crippen LogP contribution in [0.3, 0.4) is 0 Å². The van der Waals surface area contributed by atoms with Gasteiger partial charge in [-0.05, 0) is 60.2 Å². The van der Waals surface area contributed by atoms with Gasteiger partial charge in [-0.25, -0.2) is 4.79 Å². The molecule has 0 radical (unpaired) electrons. The quantitative estimate of drug-likeness (QED) is 0.402. The Labute approximate surface area is 167 Å². The second-order valence-corrected chi connectivity index (χ2v) is 6.21. The van der Waals surface area contributed by atoms with Gasteiger partial charge in [0, 0.05) is 17.3 Å². The average Bonchev–Trinajstić information content (AvgIpc) is 3.22. The van der Waals surface area contributed by atoms with Crippen LogP contribution >= 0.6 is 0 Å². The fourth-order valence-electron chi connectivity index (χ4n) is 2.73. The van der Waals surface area contributed by atoms with E-state index in [1.807, 2.05) is 12.1 Å². The van der Waals surface area contributed by atoms with E-state index in [-0.39, 0.29) is 12.7 Å². The Morgan fingerprint density at radius 3 is 2.45 bits per heavy atom. The van der Waals surface area contributed by atoms with Crippen LogP contribution in [-0.2, 0) is 4.79 Å². The van der Waals surface area contributed by atoms with Gasteiger partial charge in [0.05, 0.1) is 0 Å². The summed E-state index contributed by atoms with van der Waals surface area (Å²) in [6.45, 7) is 0.201. The van der Waals surface area contributed by atoms with E-state index < -0.39 is 5.97 Å². The summed E-state index contributed by atoms with van der Waals surface area (Å²) >= 11 is 0. The Morgan fingerprint density at radius 2 is 1.66 bits per heavy atom. The largest absolute Gasteiger partial charge is 0.454 e. The van der Waals surface area contributed by atoms with Crippen molar-refractivity contribution in [2.45, 2.75) is 0 Å². The van der Waals surface area contributed by atoms with Crippen molar-refractivity contribution < 1.29 is 23.8 Å². The van der Waals surface area contributed by atoms with E-state index in [9.17, 15) is 9.59 Å². The van der Waals surface area contributed by atoms with Gasteiger partial charge in [0.15, 0.2) is 11.5 Å². The standard InChI is InChI=1S/C23H17NO5/c25-22(13-7-16-6-12-20-21(14-16)28-15-27-20)29-19-10-8-18(9-11-19)24-23(26)17-4-2-1-3-5-17/h1-14H,15H2,(H,24,26)/b13-7+. The molecule has 0 aliphatic carbocycles. The number of carbonyl (C=O) groups excluding carboxylic acids is 2. The highest BCUT2D eigenvalue weighted by molar-refractivity contribution is 6.04. The molecule has 0 fully saturated rings. The monoisotopic (exact) mass is 387 g/mol. The smallest absolute Gasteiger partial charge is 0.336 e. The predicted octanol–water partition coefficient (Wildman–Crippen LogP) is 4.29. The minimum atomic E-state index is -0.510. The molecule has 1 amide bonds. The Bertz CT molecular complexity index is 1060. The topological polar surface area (TPSA) is 73.9 Å². The van der Waals surface area contributed by atoms with Crippen LogP contribution in [0, 0.1) is 0 Å². The lowest BCUT2D eigenvalue weighted by atomic mass is 10.2. The summed E-state index contributed by atoms with van der Waals surface area (Å²) in [5.74, 6) is 0.992. The molecule has 1 aliphatic rings. The van der Waals surface area contributed by atoms with Crippen LogP contribution < -0.4 is 19.5 Å². The first-order valence-corrected chi connectivity index (χ1v) is 8.93. The second kappa shape index (κ2) is 8.31. The number of hydrogen-bond donors (Lipinski definition) is 1. The summed E-state index contributed by atoms with van der Waals surface area (Å²) in [7, 11) is 0. The molecule has 6 heteroatoms. The minimum Gasteiger partial charge on any atom is -0.454 e. The van der Waals surface area contributed by atoms with Crippen LogP contribution in [0.5, 0.6) is 17.2 Å². The number of anilines is 1. The van der Waals surface area contributed by atoms with Gasteiger partial charge in [-0.15, -0.1) is 0 Å². The third-order valence-corrected chi connectivity index (χ3v) is 4.18. The Morgan fingerprint density at radius 1 is 0.897 bits per heavy atom. The van der Waals surface area contributed by atoms with Crippen molar-refractivity contribution in [1.82, 2.24) is 0 Å². The number of rotatable bonds is 5. The fraction of sp³-hybridized carbons (Fsp3) is 0.0435. The first-order valence-electron chi connectivity index (χ1n) is 8.93. The van der Waals surface area contributed by atoms with Crippen molar-refractivity contribution in [1.29, 1.82) is 0 Å². The lowest BCUT2D eigenvalue weighted by Gasteiger charge is -2.06. The van der Waals surface area contributed by atoms with Crippen LogP contribution in [0.4, 0.5) is 5.69 Å². The van der Waals surface area contributed by atoms with Crippen molar-refractivity contribution in [3.63, 3.8) is 0 Å². The van der Waals surface area contributed by atoms with E-state index in [2.05, 4.69) is 5.32 Å². The van der Waals surface area contributed by atoms with Crippen molar-refractivity contribution in [2.24, 2.45) is 0 Å². The van der Waals surface area contributed by atoms with Crippen LogP contribution in [0.1, 0.15) is 15.9 Å². The lowest BCUT2D eigenvalue weighted by molar-refractivity contribution is -0.128. The normalized spacial score (nSPS) is 12.0. The molecule has 1 N–H and O–H groups in total. The summed E-state index contributed by atoms with van der Waals surface area (Å²) in [6.07, 6.45) is 2.97. The second-order valence-electron chi connectivity index (χ2n) is 6.21. The van der Waals surface area contributed by atoms with Crippen LogP contribution in [0.2, 0.25) is 0 Å². The summed E-state index contributed by atoms with van der Waals surface area (Å²) < 4.78 is 15.8. The van der Waals surface area contributed by atoms with E-state index >= 15 is 0 Å². The van der Waals surface area contributed by atoms with E-state index in [1.54, 1.807) is 66.7 Å². The van der Waals surface area contributed by atoms with E-state index in [1.165, 1.54) is 6.08 Å². The molecule has 0 bridgehead atoms. The number of hydrogen-bond acceptors (Lipinski definition) is 5. The van der Waals surface area contributed by atoms with Gasteiger partial charge < -0.3 is 19.5 Å². The molecule has 1 aliphatic heterocycles. The van der Waals surface area contributed by atoms with E-state index in [0.29, 0.717) is 28.5 Å². The highest BCUT2D eigenvalue weighted by Crippen LogP contribution is 2.32. The zero-order valence-corrected chi connectivity index (χ0v) is 15.3. The van der Waals surface area contributed by atoms with Crippen LogP contribution in [0.25, 0.3) is 6.08 Å². The van der Waals surface area contributed by atoms with Gasteiger partial charge in [-0.3, -0.25) is 4.79 Å². The summed E-state index contributed by atoms with van der Waals surface area (Å²) in [6, 6.07) is 20.9. The lowest BCUT2D eigenvalue weighted by Crippen LogP contribution is -2.11. The van der Waals surface area contributed by atoms with Crippen molar-refractivity contribution in [3.8, 4) is 17.2 Å². The summed E-state index contributed by atoms with van der Waals surface area (Å²) in [5, 5.41) is 2.79. The Hall–Kier alpha value is -4.06. The fourth-order valence-corrected chi connectivity index (χ4v) is 2.73. The number of amides is 1. The zero-order valence-electron chi connectivity index (χ0n) is 15.3. The van der Waals surface area contributed by atoms with Crippen LogP contribution in [0.15, 0.2) is 78.9 Å². The molecular weight excluding hydrogens is 370 g/mol. The van der Waals surface area contributed by atoms with Gasteiger partial charge in [0.1, 0.15) is 5.75 Å². The van der Waals surface area contributed by atoms with Crippen molar-refractivity contribution in [2.75, 3.05) is 12.1 Å². The van der Waals surface area contributed by atoms with Gasteiger partial charge in [-0.1, -0.05) is 24.3 Å². The molecule has 0 spiro atoms. The number of fused-ring (bicyclic) bond motifs is 1. The summed E-state index contributed by atoms with van der Waals surface area (Å²) in [5.41, 5.74) is 1.97. The maximum absolute atomic E-state index is 12.1. The SMILES string of the molecule is O=C(/C=C/c1ccc2c(c1)OCO2)Oc1ccc(NC(=O)c2ccccc2)cc1. The van der Waals surface area contributed by atoms with E-state index in [4.69, 9.17) is 14.2 Å². The zero-order chi connectivity index (χ0) is 20.1. The Kier molecular flexibility index (Phi) is 5.25. The first kappa shape index (κ1) is 18.3. The molecule has 0 atom stereocenters. The molecule has 0 unspecified atom stereocenters. The molecular formula is C23H17NO5. The third-order valence-electron chi connectivity index (χ3n) is 4.18. The highest BCUT2D eigenvalue weighted by Gasteiger charge is 2.12. The molecule has 0 saturated carbocycles. The van der Waals surface area contributed by atoms with Crippen LogP contribution in [-0.4, -0.2) is 18.7 Å². The first-order chi connectivity index (χ1) is 14.2. The maximum Gasteiger partial charge on any atom is 0.336 e. The molecule has 144 valence electrons. The predicted molar refractivity (Wildman–Crippen MR) is 108 cm³/mol. The number of nitrogens with one attached hydrogen (secondary N) is 1. The van der Waals surface area contributed by atoms with Crippen molar-refractivity contribution >= 4 is 23.6 Å². The molecule has 6 nitrogen and oxygen atoms in total. The number of benzene rings is 3. The Balaban J connectivity index is 1.33. The maximum atomic E-state index is 12.1. The van der Waals surface area contributed by atoms with E-state index in [0.717, 1.165) is 5.56 Å². The summed E-state index contributed by atoms with van der Waals surface area (Å²) in [4.78, 5) is 24.2. The van der Waals surface area contributed by atoms with Gasteiger partial charge in [-0.2, -0.15) is 0 Å². The molecule has 0 saturated heterocycles. The average molecular weight is 387 g/mol.